The minimum absolute atomic E-state index is 0.0700. The van der Waals surface area contributed by atoms with Gasteiger partial charge in [0.1, 0.15) is 6.04 Å². The van der Waals surface area contributed by atoms with Crippen LogP contribution in [0.5, 0.6) is 0 Å². The summed E-state index contributed by atoms with van der Waals surface area (Å²) in [5.74, 6) is 0.0700. The summed E-state index contributed by atoms with van der Waals surface area (Å²) >= 11 is 0. The largest absolute Gasteiger partial charge is 0.358 e. The summed E-state index contributed by atoms with van der Waals surface area (Å²) in [6.45, 7) is 3.25. The zero-order valence-corrected chi connectivity index (χ0v) is 12.2. The fourth-order valence-corrected chi connectivity index (χ4v) is 2.87. The summed E-state index contributed by atoms with van der Waals surface area (Å²) in [4.78, 5) is 18.7. The van der Waals surface area contributed by atoms with Crippen molar-refractivity contribution in [3.63, 3.8) is 0 Å². The Bertz CT molecular complexity index is 638. The summed E-state index contributed by atoms with van der Waals surface area (Å²) in [7, 11) is 1.69. The number of carbonyl (C=O) groups is 1. The number of nitrogens with one attached hydrogen (secondary N) is 2. The van der Waals surface area contributed by atoms with Gasteiger partial charge in [0.2, 0.25) is 5.91 Å². The van der Waals surface area contributed by atoms with Gasteiger partial charge in [-0.3, -0.25) is 14.7 Å². The third-order valence-corrected chi connectivity index (χ3v) is 4.02. The van der Waals surface area contributed by atoms with E-state index < -0.39 is 0 Å². The van der Waals surface area contributed by atoms with Gasteiger partial charge < -0.3 is 10.6 Å². The second-order valence-corrected chi connectivity index (χ2v) is 5.29. The topological polar surface area (TPSA) is 57.3 Å². The van der Waals surface area contributed by atoms with Gasteiger partial charge in [-0.2, -0.15) is 0 Å². The van der Waals surface area contributed by atoms with Crippen molar-refractivity contribution in [1.29, 1.82) is 0 Å². The van der Waals surface area contributed by atoms with Crippen LogP contribution in [0.1, 0.15) is 5.56 Å². The SMILES string of the molecule is CNC(=O)C1CNCCN1Cc1ccnc2ccccc12. The van der Waals surface area contributed by atoms with Crippen LogP contribution in [0.25, 0.3) is 10.9 Å². The summed E-state index contributed by atoms with van der Waals surface area (Å²) in [5.41, 5.74) is 2.22. The molecule has 1 aliphatic heterocycles. The second kappa shape index (κ2) is 6.20. The molecule has 0 aliphatic carbocycles. The molecule has 0 spiro atoms. The van der Waals surface area contributed by atoms with E-state index in [2.05, 4.69) is 26.6 Å². The lowest BCUT2D eigenvalue weighted by Gasteiger charge is -2.35. The summed E-state index contributed by atoms with van der Waals surface area (Å²) in [6, 6.07) is 10.1. The number of amides is 1. The number of rotatable bonds is 3. The second-order valence-electron chi connectivity index (χ2n) is 5.29. The number of pyridine rings is 1. The van der Waals surface area contributed by atoms with Crippen molar-refractivity contribution >= 4 is 16.8 Å². The standard InChI is InChI=1S/C16H20N4O/c1-17-16(21)15-10-18-8-9-20(15)11-12-6-7-19-14-5-3-2-4-13(12)14/h2-7,15,18H,8-11H2,1H3,(H,17,21). The monoisotopic (exact) mass is 284 g/mol. The van der Waals surface area contributed by atoms with Crippen LogP contribution in [-0.4, -0.2) is 48.5 Å². The highest BCUT2D eigenvalue weighted by molar-refractivity contribution is 5.83. The van der Waals surface area contributed by atoms with Gasteiger partial charge in [-0.05, 0) is 17.7 Å². The van der Waals surface area contributed by atoms with Crippen LogP contribution < -0.4 is 10.6 Å². The van der Waals surface area contributed by atoms with E-state index in [1.807, 2.05) is 30.5 Å². The molecule has 3 rings (SSSR count). The Morgan fingerprint density at radius 1 is 1.43 bits per heavy atom. The van der Waals surface area contributed by atoms with Gasteiger partial charge in [0.05, 0.1) is 5.52 Å². The van der Waals surface area contributed by atoms with Crippen molar-refractivity contribution in [2.24, 2.45) is 0 Å². The maximum Gasteiger partial charge on any atom is 0.238 e. The zero-order chi connectivity index (χ0) is 14.7. The molecule has 1 atom stereocenters. The normalized spacial score (nSPS) is 19.6. The van der Waals surface area contributed by atoms with Crippen molar-refractivity contribution in [1.82, 2.24) is 20.5 Å². The minimum atomic E-state index is -0.115. The molecule has 5 heteroatoms. The lowest BCUT2D eigenvalue weighted by Crippen LogP contribution is -2.56. The van der Waals surface area contributed by atoms with Crippen LogP contribution in [0.3, 0.4) is 0 Å². The number of carbonyl (C=O) groups excluding carboxylic acids is 1. The number of hydrogen-bond acceptors (Lipinski definition) is 4. The lowest BCUT2D eigenvalue weighted by atomic mass is 10.1. The van der Waals surface area contributed by atoms with E-state index in [9.17, 15) is 4.79 Å². The fourth-order valence-electron chi connectivity index (χ4n) is 2.87. The molecule has 0 bridgehead atoms. The van der Waals surface area contributed by atoms with Gasteiger partial charge in [0.15, 0.2) is 0 Å². The third kappa shape index (κ3) is 2.89. The molecule has 0 saturated carbocycles. The molecule has 1 aromatic heterocycles. The van der Waals surface area contributed by atoms with Gasteiger partial charge in [-0.1, -0.05) is 18.2 Å². The summed E-state index contributed by atoms with van der Waals surface area (Å²) in [5, 5.41) is 7.20. The van der Waals surface area contributed by atoms with E-state index in [-0.39, 0.29) is 11.9 Å². The van der Waals surface area contributed by atoms with Crippen LogP contribution >= 0.6 is 0 Å². The van der Waals surface area contributed by atoms with Crippen molar-refractivity contribution in [3.05, 3.63) is 42.1 Å². The van der Waals surface area contributed by atoms with Crippen molar-refractivity contribution < 1.29 is 4.79 Å². The van der Waals surface area contributed by atoms with Crippen molar-refractivity contribution in [2.75, 3.05) is 26.7 Å². The highest BCUT2D eigenvalue weighted by Crippen LogP contribution is 2.19. The zero-order valence-electron chi connectivity index (χ0n) is 12.2. The van der Waals surface area contributed by atoms with E-state index in [1.165, 1.54) is 5.56 Å². The van der Waals surface area contributed by atoms with Crippen molar-refractivity contribution in [3.8, 4) is 0 Å². The van der Waals surface area contributed by atoms with E-state index >= 15 is 0 Å². The highest BCUT2D eigenvalue weighted by Gasteiger charge is 2.28. The maximum atomic E-state index is 12.0. The van der Waals surface area contributed by atoms with Crippen LogP contribution in [-0.2, 0) is 11.3 Å². The molecule has 1 amide bonds. The van der Waals surface area contributed by atoms with Crippen molar-refractivity contribution in [2.45, 2.75) is 12.6 Å². The molecular weight excluding hydrogens is 264 g/mol. The average molecular weight is 284 g/mol. The van der Waals surface area contributed by atoms with Gasteiger partial charge in [-0.15, -0.1) is 0 Å². The Labute approximate surface area is 124 Å². The fraction of sp³-hybridized carbons (Fsp3) is 0.375. The molecule has 2 aromatic rings. The Morgan fingerprint density at radius 3 is 3.14 bits per heavy atom. The number of aromatic nitrogens is 1. The molecule has 1 aromatic carbocycles. The lowest BCUT2D eigenvalue weighted by molar-refractivity contribution is -0.126. The maximum absolute atomic E-state index is 12.0. The minimum Gasteiger partial charge on any atom is -0.358 e. The Morgan fingerprint density at radius 2 is 2.29 bits per heavy atom. The molecule has 1 fully saturated rings. The Kier molecular flexibility index (Phi) is 4.13. The number of likely N-dealkylation sites (N-methyl/N-ethyl adjacent to an activating group) is 1. The molecule has 1 saturated heterocycles. The molecular formula is C16H20N4O. The number of benzene rings is 1. The van der Waals surface area contributed by atoms with Gasteiger partial charge >= 0.3 is 0 Å². The molecule has 1 unspecified atom stereocenters. The molecule has 2 heterocycles. The predicted molar refractivity (Wildman–Crippen MR) is 82.9 cm³/mol. The molecule has 5 nitrogen and oxygen atoms in total. The number of fused-ring (bicyclic) bond motifs is 1. The quantitative estimate of drug-likeness (QED) is 0.873. The molecule has 2 N–H and O–H groups in total. The Balaban J connectivity index is 1.88. The summed E-state index contributed by atoms with van der Waals surface area (Å²) < 4.78 is 0. The Hall–Kier alpha value is -1.98. The molecule has 0 radical (unpaired) electrons. The third-order valence-electron chi connectivity index (χ3n) is 4.02. The van der Waals surface area contributed by atoms with Gasteiger partial charge in [0.25, 0.3) is 0 Å². The first-order chi connectivity index (χ1) is 10.3. The molecule has 21 heavy (non-hydrogen) atoms. The van der Waals surface area contributed by atoms with Crippen LogP contribution in [0.15, 0.2) is 36.5 Å². The first-order valence-corrected chi connectivity index (χ1v) is 7.28. The van der Waals surface area contributed by atoms with E-state index in [1.54, 1.807) is 7.05 Å². The number of hydrogen-bond donors (Lipinski definition) is 2. The number of para-hydroxylation sites is 1. The van der Waals surface area contributed by atoms with E-state index in [0.29, 0.717) is 6.54 Å². The van der Waals surface area contributed by atoms with Crippen LogP contribution in [0, 0.1) is 0 Å². The first kappa shape index (κ1) is 14.0. The predicted octanol–water partition coefficient (Wildman–Crippen LogP) is 0.755. The van der Waals surface area contributed by atoms with E-state index in [0.717, 1.165) is 30.5 Å². The van der Waals surface area contributed by atoms with E-state index in [4.69, 9.17) is 0 Å². The van der Waals surface area contributed by atoms with Gasteiger partial charge in [0, 0.05) is 44.8 Å². The molecule has 1 aliphatic rings. The number of nitrogens with zero attached hydrogens (tertiary/aromatic N) is 2. The van der Waals surface area contributed by atoms with Gasteiger partial charge in [-0.25, -0.2) is 0 Å². The van der Waals surface area contributed by atoms with Crippen LogP contribution in [0.2, 0.25) is 0 Å². The molecule has 110 valence electrons. The smallest absolute Gasteiger partial charge is 0.238 e. The summed E-state index contributed by atoms with van der Waals surface area (Å²) in [6.07, 6.45) is 1.84. The number of piperazine rings is 1. The van der Waals surface area contributed by atoms with Crippen LogP contribution in [0.4, 0.5) is 0 Å². The highest BCUT2D eigenvalue weighted by atomic mass is 16.2. The first-order valence-electron chi connectivity index (χ1n) is 7.28. The average Bonchev–Trinajstić information content (AvgIpc) is 2.55.